The molecule has 0 spiro atoms. The average Bonchev–Trinajstić information content (AvgIpc) is 2.75. The molecule has 0 aromatic carbocycles. The van der Waals surface area contributed by atoms with Gasteiger partial charge in [-0.1, -0.05) is 0 Å². The van der Waals surface area contributed by atoms with Gasteiger partial charge in [-0.05, 0) is 48.3 Å². The van der Waals surface area contributed by atoms with Crippen LogP contribution in [-0.4, -0.2) is 32.2 Å². The van der Waals surface area contributed by atoms with E-state index >= 15 is 0 Å². The summed E-state index contributed by atoms with van der Waals surface area (Å²) in [5.41, 5.74) is 1.42. The molecular weight excluding hydrogens is 230 g/mol. The van der Waals surface area contributed by atoms with Crippen LogP contribution >= 0.6 is 22.9 Å². The third-order valence-corrected chi connectivity index (χ3v) is 2.92. The molecule has 0 saturated heterocycles. The molecule has 0 bridgehead atoms. The molecule has 86 valence electrons. The van der Waals surface area contributed by atoms with Crippen molar-refractivity contribution in [1.29, 1.82) is 0 Å². The first-order valence-electron chi connectivity index (χ1n) is 5.29. The van der Waals surface area contributed by atoms with E-state index in [0.29, 0.717) is 12.5 Å². The predicted molar refractivity (Wildman–Crippen MR) is 67.0 cm³/mol. The molecule has 0 amide bonds. The number of hydrogen-bond donors (Lipinski definition) is 1. The molecule has 0 saturated carbocycles. The molecule has 0 aliphatic heterocycles. The van der Waals surface area contributed by atoms with Crippen molar-refractivity contribution in [3.63, 3.8) is 0 Å². The summed E-state index contributed by atoms with van der Waals surface area (Å²) in [7, 11) is 0. The standard InChI is InChI=1S/C11H18ClNOS/c12-4-8-14-7-1-5-13-6-2-11-3-9-15-10-11/h3,9-10,13H,1-2,4-8H2. The van der Waals surface area contributed by atoms with Gasteiger partial charge < -0.3 is 10.1 Å². The highest BCUT2D eigenvalue weighted by Crippen LogP contribution is 2.05. The smallest absolute Gasteiger partial charge is 0.0601 e. The highest BCUT2D eigenvalue weighted by Gasteiger charge is 1.93. The summed E-state index contributed by atoms with van der Waals surface area (Å²) in [6.07, 6.45) is 2.17. The van der Waals surface area contributed by atoms with Gasteiger partial charge in [0.25, 0.3) is 0 Å². The zero-order valence-corrected chi connectivity index (χ0v) is 10.4. The van der Waals surface area contributed by atoms with Gasteiger partial charge in [0.15, 0.2) is 0 Å². The van der Waals surface area contributed by atoms with Gasteiger partial charge >= 0.3 is 0 Å². The van der Waals surface area contributed by atoms with E-state index in [1.807, 2.05) is 0 Å². The third-order valence-electron chi connectivity index (χ3n) is 2.03. The number of alkyl halides is 1. The van der Waals surface area contributed by atoms with E-state index in [2.05, 4.69) is 22.1 Å². The Balaban J connectivity index is 1.81. The van der Waals surface area contributed by atoms with E-state index in [0.717, 1.165) is 32.5 Å². The summed E-state index contributed by atoms with van der Waals surface area (Å²) in [4.78, 5) is 0. The Hall–Kier alpha value is -0.0900. The number of ether oxygens (including phenoxy) is 1. The van der Waals surface area contributed by atoms with Gasteiger partial charge in [0.2, 0.25) is 0 Å². The second-order valence-electron chi connectivity index (χ2n) is 3.29. The SMILES string of the molecule is ClCCOCCCNCCc1ccsc1. The quantitative estimate of drug-likeness (QED) is 0.535. The average molecular weight is 248 g/mol. The second kappa shape index (κ2) is 9.16. The van der Waals surface area contributed by atoms with Crippen molar-refractivity contribution < 1.29 is 4.74 Å². The monoisotopic (exact) mass is 247 g/mol. The van der Waals surface area contributed by atoms with Crippen LogP contribution in [0.3, 0.4) is 0 Å². The van der Waals surface area contributed by atoms with Crippen LogP contribution in [0.4, 0.5) is 0 Å². The van der Waals surface area contributed by atoms with Crippen molar-refractivity contribution in [1.82, 2.24) is 5.32 Å². The summed E-state index contributed by atoms with van der Waals surface area (Å²) in [5.74, 6) is 0.589. The van der Waals surface area contributed by atoms with Crippen LogP contribution in [0, 0.1) is 0 Å². The summed E-state index contributed by atoms with van der Waals surface area (Å²) in [5, 5.41) is 7.71. The van der Waals surface area contributed by atoms with Crippen LogP contribution < -0.4 is 5.32 Å². The minimum Gasteiger partial charge on any atom is -0.380 e. The van der Waals surface area contributed by atoms with Crippen LogP contribution in [0.5, 0.6) is 0 Å². The maximum Gasteiger partial charge on any atom is 0.0601 e. The Labute approximate surface area is 101 Å². The van der Waals surface area contributed by atoms with E-state index in [4.69, 9.17) is 16.3 Å². The fourth-order valence-corrected chi connectivity index (χ4v) is 2.06. The molecular formula is C11H18ClNOS. The zero-order chi connectivity index (χ0) is 10.8. The molecule has 0 radical (unpaired) electrons. The van der Waals surface area contributed by atoms with Crippen LogP contribution in [0.15, 0.2) is 16.8 Å². The Morgan fingerprint density at radius 2 is 2.27 bits per heavy atom. The molecule has 0 unspecified atom stereocenters. The Morgan fingerprint density at radius 1 is 1.33 bits per heavy atom. The van der Waals surface area contributed by atoms with Gasteiger partial charge in [-0.2, -0.15) is 11.3 Å². The Bertz CT molecular complexity index is 229. The normalized spacial score (nSPS) is 10.7. The highest BCUT2D eigenvalue weighted by atomic mass is 35.5. The molecule has 1 heterocycles. The van der Waals surface area contributed by atoms with Crippen molar-refractivity contribution >= 4 is 22.9 Å². The maximum absolute atomic E-state index is 5.48. The van der Waals surface area contributed by atoms with Crippen LogP contribution in [0.2, 0.25) is 0 Å². The lowest BCUT2D eigenvalue weighted by Gasteiger charge is -2.04. The lowest BCUT2D eigenvalue weighted by Crippen LogP contribution is -2.19. The molecule has 0 fully saturated rings. The van der Waals surface area contributed by atoms with Crippen LogP contribution in [0.1, 0.15) is 12.0 Å². The van der Waals surface area contributed by atoms with Crippen molar-refractivity contribution in [2.24, 2.45) is 0 Å². The lowest BCUT2D eigenvalue weighted by molar-refractivity contribution is 0.146. The highest BCUT2D eigenvalue weighted by molar-refractivity contribution is 7.07. The Kier molecular flexibility index (Phi) is 7.92. The fraction of sp³-hybridized carbons (Fsp3) is 0.636. The summed E-state index contributed by atoms with van der Waals surface area (Å²) in [6.45, 7) is 3.54. The molecule has 1 aromatic rings. The summed E-state index contributed by atoms with van der Waals surface area (Å²) < 4.78 is 5.26. The third kappa shape index (κ3) is 6.90. The number of nitrogens with one attached hydrogen (secondary N) is 1. The molecule has 4 heteroatoms. The molecule has 0 aliphatic rings. The van der Waals surface area contributed by atoms with Crippen molar-refractivity contribution in [3.8, 4) is 0 Å². The molecule has 15 heavy (non-hydrogen) atoms. The van der Waals surface area contributed by atoms with Gasteiger partial charge in [-0.15, -0.1) is 11.6 Å². The van der Waals surface area contributed by atoms with Gasteiger partial charge in [0, 0.05) is 12.5 Å². The van der Waals surface area contributed by atoms with E-state index in [1.165, 1.54) is 5.56 Å². The van der Waals surface area contributed by atoms with E-state index in [1.54, 1.807) is 11.3 Å². The molecule has 0 atom stereocenters. The van der Waals surface area contributed by atoms with Crippen molar-refractivity contribution in [2.45, 2.75) is 12.8 Å². The number of hydrogen-bond acceptors (Lipinski definition) is 3. The largest absolute Gasteiger partial charge is 0.380 e. The fourth-order valence-electron chi connectivity index (χ4n) is 1.25. The minimum atomic E-state index is 0.589. The molecule has 1 rings (SSSR count). The topological polar surface area (TPSA) is 21.3 Å². The number of thiophene rings is 1. The van der Waals surface area contributed by atoms with Crippen molar-refractivity contribution in [3.05, 3.63) is 22.4 Å². The first-order valence-corrected chi connectivity index (χ1v) is 6.76. The minimum absolute atomic E-state index is 0.589. The van der Waals surface area contributed by atoms with E-state index < -0.39 is 0 Å². The van der Waals surface area contributed by atoms with Gasteiger partial charge in [0.05, 0.1) is 6.61 Å². The molecule has 1 N–H and O–H groups in total. The zero-order valence-electron chi connectivity index (χ0n) is 8.88. The van der Waals surface area contributed by atoms with Crippen molar-refractivity contribution in [2.75, 3.05) is 32.2 Å². The Morgan fingerprint density at radius 3 is 3.00 bits per heavy atom. The van der Waals surface area contributed by atoms with Gasteiger partial charge in [-0.25, -0.2) is 0 Å². The van der Waals surface area contributed by atoms with E-state index in [-0.39, 0.29) is 0 Å². The number of rotatable bonds is 9. The first-order chi connectivity index (χ1) is 7.43. The van der Waals surface area contributed by atoms with Gasteiger partial charge in [-0.3, -0.25) is 0 Å². The van der Waals surface area contributed by atoms with Crippen LogP contribution in [-0.2, 0) is 11.2 Å². The first kappa shape index (κ1) is 13.0. The van der Waals surface area contributed by atoms with Crippen LogP contribution in [0.25, 0.3) is 0 Å². The predicted octanol–water partition coefficient (Wildman–Crippen LogP) is 2.53. The molecule has 1 aromatic heterocycles. The second-order valence-corrected chi connectivity index (χ2v) is 4.44. The van der Waals surface area contributed by atoms with Gasteiger partial charge in [0.1, 0.15) is 0 Å². The lowest BCUT2D eigenvalue weighted by atomic mass is 10.2. The molecule has 0 aliphatic carbocycles. The van der Waals surface area contributed by atoms with E-state index in [9.17, 15) is 0 Å². The summed E-state index contributed by atoms with van der Waals surface area (Å²) in [6, 6.07) is 2.18. The number of halogens is 1. The summed E-state index contributed by atoms with van der Waals surface area (Å²) >= 11 is 7.24. The molecule has 2 nitrogen and oxygen atoms in total. The maximum atomic E-state index is 5.48.